The third-order valence-electron chi connectivity index (χ3n) is 3.67. The molecule has 4 aromatic rings. The van der Waals surface area contributed by atoms with E-state index < -0.39 is 0 Å². The summed E-state index contributed by atoms with van der Waals surface area (Å²) in [7, 11) is 0. The van der Waals surface area contributed by atoms with Crippen LogP contribution in [0.3, 0.4) is 0 Å². The van der Waals surface area contributed by atoms with Gasteiger partial charge in [-0.3, -0.25) is 10.1 Å². The van der Waals surface area contributed by atoms with Crippen molar-refractivity contribution in [1.29, 1.82) is 0 Å². The van der Waals surface area contributed by atoms with Gasteiger partial charge in [0, 0.05) is 16.0 Å². The van der Waals surface area contributed by atoms with Gasteiger partial charge in [0.1, 0.15) is 10.7 Å². The van der Waals surface area contributed by atoms with Gasteiger partial charge in [-0.2, -0.15) is 0 Å². The smallest absolute Gasteiger partial charge is 0.276 e. The average Bonchev–Trinajstić information content (AvgIpc) is 3.23. The quantitative estimate of drug-likeness (QED) is 0.497. The van der Waals surface area contributed by atoms with Gasteiger partial charge in [-0.05, 0) is 30.7 Å². The lowest BCUT2D eigenvalue weighted by atomic mass is 10.2. The van der Waals surface area contributed by atoms with Gasteiger partial charge in [-0.25, -0.2) is 9.97 Å². The van der Waals surface area contributed by atoms with Crippen molar-refractivity contribution in [2.45, 2.75) is 6.92 Å². The summed E-state index contributed by atoms with van der Waals surface area (Å²) in [6.45, 7) is 2.01. The van der Waals surface area contributed by atoms with Crippen molar-refractivity contribution in [3.8, 4) is 10.6 Å². The topological polar surface area (TPSA) is 54.9 Å². The SMILES string of the molecule is Cc1cccc2sc(NC(=O)c3csc(-c4ccc(Cl)cc4)n3)nc12. The monoisotopic (exact) mass is 385 g/mol. The number of aromatic nitrogens is 2. The second-order valence-corrected chi connectivity index (χ2v) is 7.76. The molecule has 2 aromatic heterocycles. The molecule has 0 aliphatic carbocycles. The lowest BCUT2D eigenvalue weighted by Crippen LogP contribution is -2.11. The Morgan fingerprint density at radius 1 is 1.12 bits per heavy atom. The van der Waals surface area contributed by atoms with Crippen LogP contribution in [0, 0.1) is 6.92 Å². The first-order chi connectivity index (χ1) is 12.1. The minimum absolute atomic E-state index is 0.256. The maximum atomic E-state index is 12.5. The Morgan fingerprint density at radius 2 is 1.92 bits per heavy atom. The van der Waals surface area contributed by atoms with Gasteiger partial charge in [0.15, 0.2) is 5.13 Å². The third-order valence-corrected chi connectivity index (χ3v) is 5.75. The van der Waals surface area contributed by atoms with Crippen molar-refractivity contribution in [2.75, 3.05) is 5.32 Å². The predicted octanol–water partition coefficient (Wildman–Crippen LogP) is 5.63. The molecule has 0 aliphatic heterocycles. The first-order valence-corrected chi connectivity index (χ1v) is 9.56. The molecular formula is C18H12ClN3OS2. The summed E-state index contributed by atoms with van der Waals surface area (Å²) in [5, 5.41) is 6.62. The number of nitrogens with zero attached hydrogens (tertiary/aromatic N) is 2. The highest BCUT2D eigenvalue weighted by atomic mass is 35.5. The number of para-hydroxylation sites is 1. The Bertz CT molecular complexity index is 1070. The van der Waals surface area contributed by atoms with Crippen LogP contribution >= 0.6 is 34.3 Å². The number of hydrogen-bond donors (Lipinski definition) is 1. The number of carbonyl (C=O) groups excluding carboxylic acids is 1. The summed E-state index contributed by atoms with van der Waals surface area (Å²) in [5.41, 5.74) is 3.32. The minimum atomic E-state index is -0.256. The van der Waals surface area contributed by atoms with Gasteiger partial charge < -0.3 is 0 Å². The standard InChI is InChI=1S/C18H12ClN3OS2/c1-10-3-2-4-14-15(10)21-18(25-14)22-16(23)13-9-24-17(20-13)11-5-7-12(19)8-6-11/h2-9H,1H3,(H,21,22,23). The first kappa shape index (κ1) is 16.2. The largest absolute Gasteiger partial charge is 0.296 e. The van der Waals surface area contributed by atoms with E-state index in [1.165, 1.54) is 22.7 Å². The molecule has 0 unspecified atom stereocenters. The molecule has 1 amide bonds. The molecule has 0 atom stereocenters. The van der Waals surface area contributed by atoms with Crippen LogP contribution in [0.1, 0.15) is 16.1 Å². The Labute approximate surface area is 157 Å². The number of fused-ring (bicyclic) bond motifs is 1. The minimum Gasteiger partial charge on any atom is -0.296 e. The molecule has 124 valence electrons. The zero-order valence-corrected chi connectivity index (χ0v) is 15.5. The lowest BCUT2D eigenvalue weighted by molar-refractivity contribution is 0.102. The van der Waals surface area contributed by atoms with Crippen LogP contribution < -0.4 is 5.32 Å². The molecule has 7 heteroatoms. The summed E-state index contributed by atoms with van der Waals surface area (Å²) in [5.74, 6) is -0.256. The van der Waals surface area contributed by atoms with E-state index in [-0.39, 0.29) is 5.91 Å². The van der Waals surface area contributed by atoms with Crippen molar-refractivity contribution in [3.63, 3.8) is 0 Å². The van der Waals surface area contributed by atoms with Gasteiger partial charge in [0.2, 0.25) is 0 Å². The van der Waals surface area contributed by atoms with Gasteiger partial charge in [0.05, 0.1) is 10.2 Å². The fourth-order valence-corrected chi connectivity index (χ4v) is 4.27. The second-order valence-electron chi connectivity index (χ2n) is 5.44. The van der Waals surface area contributed by atoms with Crippen LogP contribution in [0.4, 0.5) is 5.13 Å². The molecule has 2 heterocycles. The van der Waals surface area contributed by atoms with Crippen LogP contribution in [0.15, 0.2) is 47.8 Å². The normalized spacial score (nSPS) is 11.0. The molecule has 25 heavy (non-hydrogen) atoms. The van der Waals surface area contributed by atoms with Crippen LogP contribution in [-0.2, 0) is 0 Å². The molecule has 0 saturated heterocycles. The summed E-state index contributed by atoms with van der Waals surface area (Å²) in [6.07, 6.45) is 0. The predicted molar refractivity (Wildman–Crippen MR) is 105 cm³/mol. The summed E-state index contributed by atoms with van der Waals surface area (Å²) < 4.78 is 1.05. The highest BCUT2D eigenvalue weighted by molar-refractivity contribution is 7.22. The van der Waals surface area contributed by atoms with E-state index in [1.807, 2.05) is 49.4 Å². The number of hydrogen-bond acceptors (Lipinski definition) is 5. The summed E-state index contributed by atoms with van der Waals surface area (Å²) in [4.78, 5) is 21.4. The van der Waals surface area contributed by atoms with E-state index in [4.69, 9.17) is 11.6 Å². The molecular weight excluding hydrogens is 374 g/mol. The second kappa shape index (κ2) is 6.55. The van der Waals surface area contributed by atoms with Crippen LogP contribution in [0.5, 0.6) is 0 Å². The highest BCUT2D eigenvalue weighted by Gasteiger charge is 2.14. The van der Waals surface area contributed by atoms with E-state index in [9.17, 15) is 4.79 Å². The zero-order valence-electron chi connectivity index (χ0n) is 13.1. The zero-order chi connectivity index (χ0) is 17.4. The molecule has 1 N–H and O–H groups in total. The molecule has 4 nitrogen and oxygen atoms in total. The Kier molecular flexibility index (Phi) is 4.25. The Morgan fingerprint density at radius 3 is 2.68 bits per heavy atom. The molecule has 2 aromatic carbocycles. The lowest BCUT2D eigenvalue weighted by Gasteiger charge is -1.98. The number of rotatable bonds is 3. The van der Waals surface area contributed by atoms with Gasteiger partial charge in [-0.1, -0.05) is 47.2 Å². The number of amides is 1. The van der Waals surface area contributed by atoms with E-state index in [0.29, 0.717) is 15.8 Å². The number of benzene rings is 2. The third kappa shape index (κ3) is 3.28. The number of halogens is 1. The van der Waals surface area contributed by atoms with E-state index in [2.05, 4.69) is 15.3 Å². The van der Waals surface area contributed by atoms with E-state index >= 15 is 0 Å². The van der Waals surface area contributed by atoms with Crippen LogP contribution in [0.2, 0.25) is 5.02 Å². The fourth-order valence-electron chi connectivity index (χ4n) is 2.40. The maximum Gasteiger partial charge on any atom is 0.276 e. The van der Waals surface area contributed by atoms with Crippen LogP contribution in [0.25, 0.3) is 20.8 Å². The van der Waals surface area contributed by atoms with Gasteiger partial charge >= 0.3 is 0 Å². The maximum absolute atomic E-state index is 12.5. The van der Waals surface area contributed by atoms with Crippen molar-refractivity contribution in [3.05, 3.63) is 64.1 Å². The number of nitrogens with one attached hydrogen (secondary N) is 1. The number of aryl methyl sites for hydroxylation is 1. The summed E-state index contributed by atoms with van der Waals surface area (Å²) >= 11 is 8.78. The van der Waals surface area contributed by atoms with Gasteiger partial charge in [0.25, 0.3) is 5.91 Å². The fraction of sp³-hybridized carbons (Fsp3) is 0.0556. The van der Waals surface area contributed by atoms with E-state index in [0.717, 1.165) is 26.4 Å². The Balaban J connectivity index is 1.56. The summed E-state index contributed by atoms with van der Waals surface area (Å²) in [6, 6.07) is 13.4. The molecule has 0 bridgehead atoms. The van der Waals surface area contributed by atoms with Crippen molar-refractivity contribution >= 4 is 55.5 Å². The van der Waals surface area contributed by atoms with Crippen molar-refractivity contribution in [2.24, 2.45) is 0 Å². The van der Waals surface area contributed by atoms with Gasteiger partial charge in [-0.15, -0.1) is 11.3 Å². The number of thiazole rings is 2. The first-order valence-electron chi connectivity index (χ1n) is 7.49. The molecule has 0 fully saturated rings. The highest BCUT2D eigenvalue weighted by Crippen LogP contribution is 2.29. The molecule has 0 saturated carbocycles. The molecule has 0 aliphatic rings. The van der Waals surface area contributed by atoms with Crippen LogP contribution in [-0.4, -0.2) is 15.9 Å². The molecule has 4 rings (SSSR count). The number of carbonyl (C=O) groups is 1. The van der Waals surface area contributed by atoms with Crippen molar-refractivity contribution in [1.82, 2.24) is 9.97 Å². The molecule has 0 radical (unpaired) electrons. The number of anilines is 1. The molecule has 0 spiro atoms. The van der Waals surface area contributed by atoms with Crippen molar-refractivity contribution < 1.29 is 4.79 Å². The average molecular weight is 386 g/mol. The van der Waals surface area contributed by atoms with E-state index in [1.54, 1.807) is 5.38 Å². The Hall–Kier alpha value is -2.28.